The van der Waals surface area contributed by atoms with Gasteiger partial charge >= 0.3 is 0 Å². The van der Waals surface area contributed by atoms with Crippen LogP contribution in [0.3, 0.4) is 0 Å². The van der Waals surface area contributed by atoms with Crippen molar-refractivity contribution in [3.05, 3.63) is 29.8 Å². The Balaban J connectivity index is 1.97. The highest BCUT2D eigenvalue weighted by molar-refractivity contribution is 5.92. The lowest BCUT2D eigenvalue weighted by Crippen LogP contribution is -2.24. The summed E-state index contributed by atoms with van der Waals surface area (Å²) in [5.74, 6) is 0.783. The molecule has 2 N–H and O–H groups in total. The molecule has 0 aromatic heterocycles. The molecule has 1 amide bonds. The fraction of sp³-hybridized carbons (Fsp3) is 0.500. The van der Waals surface area contributed by atoms with Crippen LogP contribution in [0.5, 0.6) is 0 Å². The third-order valence-electron chi connectivity index (χ3n) is 3.60. The fourth-order valence-electron chi connectivity index (χ4n) is 2.46. The van der Waals surface area contributed by atoms with Gasteiger partial charge in [0.25, 0.3) is 0 Å². The van der Waals surface area contributed by atoms with Crippen LogP contribution in [0.15, 0.2) is 24.3 Å². The zero-order valence-corrected chi connectivity index (χ0v) is 10.1. The van der Waals surface area contributed by atoms with Crippen molar-refractivity contribution in [1.82, 2.24) is 0 Å². The SMILES string of the molecule is CC1CCCC1C(=O)Nc1ccc(CO)cc1. The number of amides is 1. The summed E-state index contributed by atoms with van der Waals surface area (Å²) in [6.45, 7) is 2.18. The van der Waals surface area contributed by atoms with Crippen molar-refractivity contribution in [2.45, 2.75) is 32.8 Å². The second-order valence-electron chi connectivity index (χ2n) is 4.86. The van der Waals surface area contributed by atoms with Crippen LogP contribution in [0, 0.1) is 11.8 Å². The number of hydrogen-bond acceptors (Lipinski definition) is 2. The van der Waals surface area contributed by atoms with Gasteiger partial charge in [-0.1, -0.05) is 25.5 Å². The lowest BCUT2D eigenvalue weighted by Gasteiger charge is -2.15. The number of hydrogen-bond donors (Lipinski definition) is 2. The third-order valence-corrected chi connectivity index (χ3v) is 3.60. The molecule has 1 fully saturated rings. The van der Waals surface area contributed by atoms with Crippen molar-refractivity contribution in [3.8, 4) is 0 Å². The van der Waals surface area contributed by atoms with Crippen molar-refractivity contribution in [1.29, 1.82) is 0 Å². The van der Waals surface area contributed by atoms with E-state index >= 15 is 0 Å². The molecule has 0 saturated heterocycles. The van der Waals surface area contributed by atoms with Crippen molar-refractivity contribution in [2.24, 2.45) is 11.8 Å². The lowest BCUT2D eigenvalue weighted by molar-refractivity contribution is -0.120. The summed E-state index contributed by atoms with van der Waals surface area (Å²) in [5.41, 5.74) is 1.67. The van der Waals surface area contributed by atoms with E-state index in [1.807, 2.05) is 24.3 Å². The summed E-state index contributed by atoms with van der Waals surface area (Å²) < 4.78 is 0. The third kappa shape index (κ3) is 2.86. The summed E-state index contributed by atoms with van der Waals surface area (Å²) in [6, 6.07) is 7.33. The Labute approximate surface area is 102 Å². The number of rotatable bonds is 3. The van der Waals surface area contributed by atoms with Gasteiger partial charge in [-0.15, -0.1) is 0 Å². The smallest absolute Gasteiger partial charge is 0.227 e. The van der Waals surface area contributed by atoms with Gasteiger partial charge in [0, 0.05) is 11.6 Å². The molecule has 3 heteroatoms. The number of anilines is 1. The van der Waals surface area contributed by atoms with Gasteiger partial charge in [0.05, 0.1) is 6.61 Å². The topological polar surface area (TPSA) is 49.3 Å². The molecule has 0 radical (unpaired) electrons. The zero-order valence-electron chi connectivity index (χ0n) is 10.1. The maximum absolute atomic E-state index is 12.0. The van der Waals surface area contributed by atoms with Crippen LogP contribution in [0.4, 0.5) is 5.69 Å². The molecular formula is C14H19NO2. The largest absolute Gasteiger partial charge is 0.392 e. The normalized spacial score (nSPS) is 23.6. The molecular weight excluding hydrogens is 214 g/mol. The second-order valence-corrected chi connectivity index (χ2v) is 4.86. The minimum atomic E-state index is 0.0356. The van der Waals surface area contributed by atoms with Gasteiger partial charge in [-0.3, -0.25) is 4.79 Å². The highest BCUT2D eigenvalue weighted by Gasteiger charge is 2.29. The van der Waals surface area contributed by atoms with Crippen LogP contribution in [0.2, 0.25) is 0 Å². The standard InChI is InChI=1S/C14H19NO2/c1-10-3-2-4-13(10)14(17)15-12-7-5-11(9-16)6-8-12/h5-8,10,13,16H,2-4,9H2,1H3,(H,15,17). The van der Waals surface area contributed by atoms with E-state index in [0.717, 1.165) is 30.5 Å². The maximum atomic E-state index is 12.0. The summed E-state index contributed by atoms with van der Waals surface area (Å²) in [4.78, 5) is 12.0. The van der Waals surface area contributed by atoms with Gasteiger partial charge < -0.3 is 10.4 Å². The van der Waals surface area contributed by atoms with Gasteiger partial charge in [0.15, 0.2) is 0 Å². The molecule has 2 unspecified atom stereocenters. The molecule has 1 aromatic carbocycles. The Morgan fingerprint density at radius 3 is 2.59 bits per heavy atom. The maximum Gasteiger partial charge on any atom is 0.227 e. The molecule has 2 rings (SSSR count). The molecule has 1 aromatic rings. The first-order valence-electron chi connectivity index (χ1n) is 6.21. The minimum Gasteiger partial charge on any atom is -0.392 e. The fourth-order valence-corrected chi connectivity index (χ4v) is 2.46. The number of aliphatic hydroxyl groups excluding tert-OH is 1. The van der Waals surface area contributed by atoms with E-state index in [0.29, 0.717) is 5.92 Å². The molecule has 2 atom stereocenters. The lowest BCUT2D eigenvalue weighted by atomic mass is 9.97. The predicted molar refractivity (Wildman–Crippen MR) is 67.5 cm³/mol. The van der Waals surface area contributed by atoms with E-state index in [4.69, 9.17) is 5.11 Å². The highest BCUT2D eigenvalue weighted by atomic mass is 16.3. The van der Waals surface area contributed by atoms with E-state index in [-0.39, 0.29) is 18.4 Å². The molecule has 0 bridgehead atoms. The average Bonchev–Trinajstić information content (AvgIpc) is 2.76. The van der Waals surface area contributed by atoms with Crippen LogP contribution in [-0.4, -0.2) is 11.0 Å². The Morgan fingerprint density at radius 1 is 1.35 bits per heavy atom. The summed E-state index contributed by atoms with van der Waals surface area (Å²) in [5, 5.41) is 11.9. The first kappa shape index (κ1) is 12.1. The Bertz CT molecular complexity index is 386. The van der Waals surface area contributed by atoms with Crippen LogP contribution >= 0.6 is 0 Å². The first-order chi connectivity index (χ1) is 8.20. The van der Waals surface area contributed by atoms with Gasteiger partial charge in [0.2, 0.25) is 5.91 Å². The molecule has 3 nitrogen and oxygen atoms in total. The van der Waals surface area contributed by atoms with E-state index in [9.17, 15) is 4.79 Å². The van der Waals surface area contributed by atoms with Gasteiger partial charge in [-0.25, -0.2) is 0 Å². The summed E-state index contributed by atoms with van der Waals surface area (Å²) in [7, 11) is 0. The Kier molecular flexibility index (Phi) is 3.79. The van der Waals surface area contributed by atoms with E-state index in [1.54, 1.807) is 0 Å². The first-order valence-corrected chi connectivity index (χ1v) is 6.21. The highest BCUT2D eigenvalue weighted by Crippen LogP contribution is 2.32. The molecule has 92 valence electrons. The van der Waals surface area contributed by atoms with Gasteiger partial charge in [-0.05, 0) is 36.5 Å². The summed E-state index contributed by atoms with van der Waals surface area (Å²) in [6.07, 6.45) is 3.31. The van der Waals surface area contributed by atoms with E-state index < -0.39 is 0 Å². The number of nitrogens with one attached hydrogen (secondary N) is 1. The number of benzene rings is 1. The van der Waals surface area contributed by atoms with Crippen LogP contribution in [0.1, 0.15) is 31.7 Å². The summed E-state index contributed by atoms with van der Waals surface area (Å²) >= 11 is 0. The molecule has 0 spiro atoms. The van der Waals surface area contributed by atoms with Gasteiger partial charge in [-0.2, -0.15) is 0 Å². The predicted octanol–water partition coefficient (Wildman–Crippen LogP) is 2.55. The van der Waals surface area contributed by atoms with Crippen LogP contribution in [0.25, 0.3) is 0 Å². The zero-order chi connectivity index (χ0) is 12.3. The van der Waals surface area contributed by atoms with Gasteiger partial charge in [0.1, 0.15) is 0 Å². The molecule has 1 aliphatic rings. The number of aliphatic hydroxyl groups is 1. The van der Waals surface area contributed by atoms with Crippen LogP contribution in [-0.2, 0) is 11.4 Å². The van der Waals surface area contributed by atoms with Crippen LogP contribution < -0.4 is 5.32 Å². The number of carbonyl (C=O) groups excluding carboxylic acids is 1. The molecule has 0 heterocycles. The van der Waals surface area contributed by atoms with Crippen molar-refractivity contribution in [3.63, 3.8) is 0 Å². The van der Waals surface area contributed by atoms with Crippen molar-refractivity contribution in [2.75, 3.05) is 5.32 Å². The quantitative estimate of drug-likeness (QED) is 0.843. The molecule has 17 heavy (non-hydrogen) atoms. The van der Waals surface area contributed by atoms with Crippen molar-refractivity contribution >= 4 is 11.6 Å². The molecule has 1 aliphatic carbocycles. The van der Waals surface area contributed by atoms with Crippen molar-refractivity contribution < 1.29 is 9.90 Å². The second kappa shape index (κ2) is 5.32. The molecule has 1 saturated carbocycles. The van der Waals surface area contributed by atoms with E-state index in [2.05, 4.69) is 12.2 Å². The Hall–Kier alpha value is -1.35. The minimum absolute atomic E-state index is 0.0356. The average molecular weight is 233 g/mol. The van der Waals surface area contributed by atoms with E-state index in [1.165, 1.54) is 0 Å². The molecule has 0 aliphatic heterocycles. The Morgan fingerprint density at radius 2 is 2.06 bits per heavy atom. The number of carbonyl (C=O) groups is 1. The monoisotopic (exact) mass is 233 g/mol.